The van der Waals surface area contributed by atoms with Crippen molar-refractivity contribution in [2.45, 2.75) is 328 Å². The summed E-state index contributed by atoms with van der Waals surface area (Å²) in [6.07, 6.45) is 17.9. The molecule has 0 aliphatic heterocycles. The summed E-state index contributed by atoms with van der Waals surface area (Å²) in [4.78, 5) is 17.6. The molecule has 0 fully saturated rings. The predicted molar refractivity (Wildman–Crippen MR) is 535 cm³/mol. The molecule has 0 saturated heterocycles. The molecule has 4 nitrogen and oxygen atoms in total. The van der Waals surface area contributed by atoms with Crippen molar-refractivity contribution in [1.29, 1.82) is 0 Å². The van der Waals surface area contributed by atoms with E-state index in [0.29, 0.717) is 0 Å². The van der Waals surface area contributed by atoms with Gasteiger partial charge in [-0.1, -0.05) is 343 Å². The Labute approximate surface area is 738 Å². The van der Waals surface area contributed by atoms with Crippen LogP contribution < -0.4 is 0 Å². The maximum absolute atomic E-state index is 4.55. The lowest BCUT2D eigenvalue weighted by Crippen LogP contribution is -2.13. The monoisotopic (exact) mass is 1620 g/mol. The van der Waals surface area contributed by atoms with Crippen molar-refractivity contribution in [2.75, 3.05) is 0 Å². The second-order valence-electron chi connectivity index (χ2n) is 37.9. The molecule has 8 aromatic carbocycles. The molecule has 4 heteroatoms. The molecular formula is C117H156N4. The molecule has 0 atom stereocenters. The fourth-order valence-corrected chi connectivity index (χ4v) is 18.2. The van der Waals surface area contributed by atoms with Crippen LogP contribution in [0.5, 0.6) is 0 Å². The van der Waals surface area contributed by atoms with Crippen molar-refractivity contribution < 1.29 is 0 Å². The minimum absolute atomic E-state index is 0. The number of aryl methyl sites for hydroxylation is 6. The van der Waals surface area contributed by atoms with Crippen LogP contribution in [0.15, 0.2) is 195 Å². The van der Waals surface area contributed by atoms with Crippen LogP contribution in [-0.2, 0) is 71.0 Å². The molecule has 6 aliphatic carbocycles. The molecule has 12 aromatic rings. The highest BCUT2D eigenvalue weighted by atomic mass is 14.7. The summed E-state index contributed by atoms with van der Waals surface area (Å²) in [5.74, 6) is 0. The summed E-state index contributed by atoms with van der Waals surface area (Å²) in [5, 5.41) is 0. The molecule has 644 valence electrons. The van der Waals surface area contributed by atoms with Crippen molar-refractivity contribution in [3.8, 4) is 66.9 Å². The minimum atomic E-state index is 0. The lowest BCUT2D eigenvalue weighted by atomic mass is 9.82. The van der Waals surface area contributed by atoms with Gasteiger partial charge in [-0.15, -0.1) is 0 Å². The molecule has 0 radical (unpaired) electrons. The highest BCUT2D eigenvalue weighted by molar-refractivity contribution is 5.82. The van der Waals surface area contributed by atoms with Gasteiger partial charge in [0.25, 0.3) is 0 Å². The molecule has 121 heavy (non-hydrogen) atoms. The molecular weight excluding hydrogens is 1460 g/mol. The van der Waals surface area contributed by atoms with Gasteiger partial charge < -0.3 is 0 Å². The topological polar surface area (TPSA) is 51.6 Å². The number of nitrogens with zero attached hydrogens (tertiary/aromatic N) is 4. The summed E-state index contributed by atoms with van der Waals surface area (Å²) in [6.45, 7) is 78.5. The molecule has 4 heterocycles. The van der Waals surface area contributed by atoms with Crippen LogP contribution in [0.25, 0.3) is 66.9 Å². The SMILES string of the molecule is C.CC.CC.CC.CC.CC.CC.Cc1cc2c(cc1C(C)(C)C)-c1ccccc1C2.Cc1cc2c(cc1C(C)(C)C)-c1cccnc1C2.Cc1cc2c(cc1C(C)(C)C)-c1ccncc1C2.Cc1cc2c(cc1C(C)(C)C)-c1cnccc1C2.Cc1cc2c(cc1C(C)(C)C)-c1ncccc1C2.Cc1cc2c(cc1C(C)(C)C)Cc1ccccc1-2. The van der Waals surface area contributed by atoms with Crippen LogP contribution in [0, 0.1) is 41.5 Å². The van der Waals surface area contributed by atoms with Gasteiger partial charge in [-0.25, -0.2) is 0 Å². The summed E-state index contributed by atoms with van der Waals surface area (Å²) in [6, 6.07) is 58.8. The van der Waals surface area contributed by atoms with E-state index in [1.165, 1.54) is 201 Å². The Morgan fingerprint density at radius 2 is 0.479 bits per heavy atom. The maximum Gasteiger partial charge on any atom is 0.0740 e. The molecule has 4 aromatic heterocycles. The smallest absolute Gasteiger partial charge is 0.0740 e. The van der Waals surface area contributed by atoms with Crippen molar-refractivity contribution in [3.05, 3.63) is 329 Å². The number of fused-ring (bicyclic) bond motifs is 18. The van der Waals surface area contributed by atoms with Gasteiger partial charge in [0.05, 0.1) is 11.4 Å². The molecule has 0 N–H and O–H groups in total. The standard InChI is InChI=1S/2C18H20.4C17H19N.6C2H6.CH4/c1-12-9-16-14(11-17(12)18(2,3)4)10-13-7-5-6-8-15(13)16;1-12-9-14-10-13-7-5-6-8-15(13)16(14)11-17(12)18(2,3)4;1-11-7-12-8-13-10-18-6-5-14(13)15(12)9-16(11)17(2,3)4;1-11-7-13-8-12-5-6-18-10-15(12)14(13)9-16(11)17(2,3)4;1-11-8-12-9-16-13(6-5-7-18-16)14(12)10-15(11)17(2,3)4;1-11-8-13-9-12-6-5-7-18-16(12)14(13)10-15(11)17(2,3)4;6*1-2;/h2*5-9,11H,10H2,1-4H3;2*5-7,9-10H,8H2,1-4H3;2*5-8,10H,9H2,1-4H3;6*1-2H3;1H4. The predicted octanol–water partition coefficient (Wildman–Crippen LogP) is 33.6. The number of aromatic nitrogens is 4. The Morgan fingerprint density at radius 1 is 0.207 bits per heavy atom. The number of rotatable bonds is 0. The first-order valence-electron chi connectivity index (χ1n) is 45.6. The fourth-order valence-electron chi connectivity index (χ4n) is 18.2. The Kier molecular flexibility index (Phi) is 35.1. The average Bonchev–Trinajstić information content (AvgIpc) is 1.66. The van der Waals surface area contributed by atoms with Crippen molar-refractivity contribution in [3.63, 3.8) is 0 Å². The van der Waals surface area contributed by atoms with Crippen molar-refractivity contribution >= 4 is 0 Å². The van der Waals surface area contributed by atoms with Crippen molar-refractivity contribution in [2.24, 2.45) is 0 Å². The zero-order valence-corrected chi connectivity index (χ0v) is 81.5. The summed E-state index contributed by atoms with van der Waals surface area (Å²) in [5.41, 5.74) is 51.8. The summed E-state index contributed by atoms with van der Waals surface area (Å²) >= 11 is 0. The Morgan fingerprint density at radius 3 is 0.909 bits per heavy atom. The van der Waals surface area contributed by atoms with Crippen LogP contribution in [0.4, 0.5) is 0 Å². The van der Waals surface area contributed by atoms with E-state index in [9.17, 15) is 0 Å². The highest BCUT2D eigenvalue weighted by Crippen LogP contribution is 2.47. The number of benzene rings is 8. The van der Waals surface area contributed by atoms with Gasteiger partial charge in [0.15, 0.2) is 0 Å². The molecule has 18 rings (SSSR count). The van der Waals surface area contributed by atoms with Crippen LogP contribution >= 0.6 is 0 Å². The Balaban J connectivity index is 0.000000219. The number of hydrogen-bond acceptors (Lipinski definition) is 4. The lowest BCUT2D eigenvalue weighted by molar-refractivity contribution is 0.585. The third-order valence-corrected chi connectivity index (χ3v) is 23.1. The van der Waals surface area contributed by atoms with Crippen molar-refractivity contribution in [1.82, 2.24) is 19.9 Å². The number of pyridine rings is 4. The average molecular weight is 1620 g/mol. The van der Waals surface area contributed by atoms with E-state index >= 15 is 0 Å². The maximum atomic E-state index is 4.55. The van der Waals surface area contributed by atoms with E-state index in [-0.39, 0.29) is 39.9 Å². The van der Waals surface area contributed by atoms with E-state index < -0.39 is 0 Å². The van der Waals surface area contributed by atoms with Gasteiger partial charge in [-0.3, -0.25) is 19.9 Å². The highest BCUT2D eigenvalue weighted by Gasteiger charge is 2.31. The first kappa shape index (κ1) is 100. The van der Waals surface area contributed by atoms with Gasteiger partial charge >= 0.3 is 0 Å². The second kappa shape index (κ2) is 42.4. The zero-order valence-electron chi connectivity index (χ0n) is 81.5. The van der Waals surface area contributed by atoms with E-state index in [2.05, 4.69) is 332 Å². The molecule has 0 unspecified atom stereocenters. The van der Waals surface area contributed by atoms with Crippen LogP contribution in [-0.4, -0.2) is 19.9 Å². The molecule has 0 amide bonds. The van der Waals surface area contributed by atoms with E-state index in [4.69, 9.17) is 0 Å². The third-order valence-electron chi connectivity index (χ3n) is 23.1. The van der Waals surface area contributed by atoms with E-state index in [1.54, 1.807) is 0 Å². The molecule has 0 spiro atoms. The Bertz CT molecular complexity index is 4800. The van der Waals surface area contributed by atoms with Crippen LogP contribution in [0.3, 0.4) is 0 Å². The lowest BCUT2D eigenvalue weighted by Gasteiger charge is -2.23. The first-order valence-corrected chi connectivity index (χ1v) is 45.6. The normalized spacial score (nSPS) is 12.2. The molecule has 0 bridgehead atoms. The fraction of sp³-hybridized carbons (Fsp3) is 0.419. The summed E-state index contributed by atoms with van der Waals surface area (Å²) < 4.78 is 0. The van der Waals surface area contributed by atoms with Gasteiger partial charge in [0.2, 0.25) is 0 Å². The summed E-state index contributed by atoms with van der Waals surface area (Å²) in [7, 11) is 0. The number of hydrogen-bond donors (Lipinski definition) is 0. The van der Waals surface area contributed by atoms with Gasteiger partial charge in [-0.05, 0) is 296 Å². The second-order valence-corrected chi connectivity index (χ2v) is 37.9. The molecule has 6 aliphatic rings. The van der Waals surface area contributed by atoms with E-state index in [0.717, 1.165) is 38.5 Å². The van der Waals surface area contributed by atoms with Gasteiger partial charge in [0.1, 0.15) is 0 Å². The quantitative estimate of drug-likeness (QED) is 0.152. The van der Waals surface area contributed by atoms with Crippen LogP contribution in [0.2, 0.25) is 0 Å². The van der Waals surface area contributed by atoms with Gasteiger partial charge in [0, 0.05) is 73.1 Å². The van der Waals surface area contributed by atoms with Gasteiger partial charge in [-0.2, -0.15) is 0 Å². The zero-order chi connectivity index (χ0) is 89.5. The Hall–Kier alpha value is -9.64. The largest absolute Gasteiger partial charge is 0.264 e. The third kappa shape index (κ3) is 23.2. The van der Waals surface area contributed by atoms with E-state index in [1.807, 2.05) is 132 Å². The molecule has 0 saturated carbocycles. The van der Waals surface area contributed by atoms with Crippen LogP contribution in [0.1, 0.15) is 349 Å². The minimum Gasteiger partial charge on any atom is -0.264 e. The first-order chi connectivity index (χ1) is 56.8.